The lowest BCUT2D eigenvalue weighted by Crippen LogP contribution is -2.72. The van der Waals surface area contributed by atoms with Crippen LogP contribution in [0.15, 0.2) is 72.8 Å². The Morgan fingerprint density at radius 2 is 1.06 bits per heavy atom. The predicted molar refractivity (Wildman–Crippen MR) is 257 cm³/mol. The van der Waals surface area contributed by atoms with Crippen molar-refractivity contribution in [3.63, 3.8) is 0 Å². The Hall–Kier alpha value is -6.04. The van der Waals surface area contributed by atoms with E-state index in [9.17, 15) is 29.4 Å². The molecule has 4 aliphatic carbocycles. The van der Waals surface area contributed by atoms with Crippen LogP contribution in [0.25, 0.3) is 0 Å². The minimum atomic E-state index is -1.71. The fourth-order valence-corrected chi connectivity index (χ4v) is 15.0. The SMILES string of the molecule is CC1C[C@H](C2CCCN2[C@]2(C(=O)NC(=O)O)c3ccc(cc3)C(C(N)=O)C2(C)C)N(c2ccc(N3CCOCC3)cc2)[C@@]1(C)C1CCCN1[C@]1(C(=O)NC(=O)O)c2ccc(cc2)C(C(N)=O)C1(C)C. The molecule has 0 saturated carbocycles. The van der Waals surface area contributed by atoms with Crippen LogP contribution in [0.5, 0.6) is 0 Å². The molecule has 17 nitrogen and oxygen atoms in total. The molecule has 0 spiro atoms. The number of amides is 6. The van der Waals surface area contributed by atoms with Gasteiger partial charge in [-0.05, 0) is 105 Å². The molecular formula is C52H66N8O9. The van der Waals surface area contributed by atoms with Crippen LogP contribution in [0, 0.1) is 16.7 Å². The molecule has 3 aromatic rings. The Morgan fingerprint density at radius 3 is 1.54 bits per heavy atom. The quantitative estimate of drug-likeness (QED) is 0.157. The first-order valence-corrected chi connectivity index (χ1v) is 24.3. The third-order valence-corrected chi connectivity index (χ3v) is 17.8. The maximum absolute atomic E-state index is 15.3. The fourth-order valence-electron chi connectivity index (χ4n) is 15.0. The van der Waals surface area contributed by atoms with Gasteiger partial charge < -0.3 is 36.2 Å². The molecule has 5 unspecified atom stereocenters. The van der Waals surface area contributed by atoms with Crippen molar-refractivity contribution in [3.05, 3.63) is 95.1 Å². The van der Waals surface area contributed by atoms with Gasteiger partial charge in [0.25, 0.3) is 11.8 Å². The summed E-state index contributed by atoms with van der Waals surface area (Å²) >= 11 is 0. The Balaban J connectivity index is 1.24. The summed E-state index contributed by atoms with van der Waals surface area (Å²) in [5.74, 6) is -4.82. The molecule has 4 heterocycles. The fraction of sp³-hybridized carbons (Fsp3) is 0.538. The van der Waals surface area contributed by atoms with Crippen LogP contribution in [-0.4, -0.2) is 119 Å². The highest BCUT2D eigenvalue weighted by Gasteiger charge is 2.70. The standard InChI is InChI=1S/C52H66N8O9/c1-30-29-38(37-9-7-23-58(37)51(44(63)55-46(65)66)33-15-11-31(12-16-33)40(42(53)61)48(51,2)3)60(36-21-19-35(20-22-36)57-25-27-69-28-26-57)50(30,6)39-10-8-24-59(39)52(45(64)56-47(67)68)34-17-13-32(14-18-34)41(43(54)62)49(52,4)5/h11-22,30,37-41H,7-10,23-29H2,1-6H3,(H2,53,61)(H2,54,62)(H,55,63)(H,56,64)(H,65,66)(H,67,68)/t30?,37?,38-,39?,40?,41?,50-,51+,52+/m1/s1. The number of fused-ring (bicyclic) bond motifs is 8. The lowest BCUT2D eigenvalue weighted by atomic mass is 9.59. The summed E-state index contributed by atoms with van der Waals surface area (Å²) in [6.07, 6.45) is 0.154. The number of carbonyl (C=O) groups excluding carboxylic acids is 4. The Morgan fingerprint density at radius 1 is 0.609 bits per heavy atom. The van der Waals surface area contributed by atoms with Crippen molar-refractivity contribution in [3.8, 4) is 0 Å². The van der Waals surface area contributed by atoms with Gasteiger partial charge in [-0.15, -0.1) is 0 Å². The van der Waals surface area contributed by atoms with Crippen LogP contribution < -0.4 is 31.9 Å². The number of carbonyl (C=O) groups is 6. The molecule has 0 radical (unpaired) electrons. The molecule has 4 bridgehead atoms. The zero-order chi connectivity index (χ0) is 49.6. The molecule has 4 aliphatic heterocycles. The molecule has 17 heteroatoms. The second-order valence-corrected chi connectivity index (χ2v) is 21.5. The lowest BCUT2D eigenvalue weighted by molar-refractivity contribution is -0.151. The van der Waals surface area contributed by atoms with E-state index in [0.29, 0.717) is 80.7 Å². The average Bonchev–Trinajstić information content (AvgIpc) is 3.98. The van der Waals surface area contributed by atoms with Crippen molar-refractivity contribution in [2.24, 2.45) is 28.2 Å². The largest absolute Gasteiger partial charge is 0.465 e. The van der Waals surface area contributed by atoms with Gasteiger partial charge in [0.2, 0.25) is 11.8 Å². The maximum Gasteiger partial charge on any atom is 0.411 e. The molecule has 8 N–H and O–H groups in total. The number of rotatable bonds is 10. The summed E-state index contributed by atoms with van der Waals surface area (Å²) in [6, 6.07) is 21.8. The van der Waals surface area contributed by atoms with Crippen LogP contribution in [-0.2, 0) is 35.0 Å². The molecular weight excluding hydrogens is 881 g/mol. The number of hydrogen-bond acceptors (Lipinski definition) is 11. The number of ether oxygens (including phenoxy) is 1. The molecule has 3 aromatic carbocycles. The smallest absolute Gasteiger partial charge is 0.411 e. The number of hydrogen-bond donors (Lipinski definition) is 6. The van der Waals surface area contributed by atoms with Gasteiger partial charge in [-0.2, -0.15) is 0 Å². The highest BCUT2D eigenvalue weighted by molar-refractivity contribution is 6.01. The molecule has 69 heavy (non-hydrogen) atoms. The molecule has 11 rings (SSSR count). The average molecular weight is 947 g/mol. The van der Waals surface area contributed by atoms with Gasteiger partial charge in [0.1, 0.15) is 11.1 Å². The Bertz CT molecular complexity index is 2550. The van der Waals surface area contributed by atoms with Crippen molar-refractivity contribution in [1.82, 2.24) is 20.4 Å². The molecule has 0 aromatic heterocycles. The van der Waals surface area contributed by atoms with Gasteiger partial charge >= 0.3 is 12.2 Å². The van der Waals surface area contributed by atoms with Crippen LogP contribution in [0.3, 0.4) is 0 Å². The first-order chi connectivity index (χ1) is 32.7. The first kappa shape index (κ1) is 48.0. The highest BCUT2D eigenvalue weighted by Crippen LogP contribution is 2.62. The minimum Gasteiger partial charge on any atom is -0.465 e. The van der Waals surface area contributed by atoms with E-state index in [2.05, 4.69) is 68.3 Å². The van der Waals surface area contributed by atoms with E-state index >= 15 is 9.59 Å². The second-order valence-electron chi connectivity index (χ2n) is 21.5. The third-order valence-electron chi connectivity index (χ3n) is 17.8. The van der Waals surface area contributed by atoms with E-state index in [4.69, 9.17) is 16.2 Å². The number of primary amides is 2. The number of nitrogens with two attached hydrogens (primary N) is 2. The van der Waals surface area contributed by atoms with Crippen LogP contribution in [0.1, 0.15) is 108 Å². The molecule has 368 valence electrons. The second kappa shape index (κ2) is 17.1. The van der Waals surface area contributed by atoms with Gasteiger partial charge in [0.05, 0.1) is 30.6 Å². The van der Waals surface area contributed by atoms with Gasteiger partial charge in [-0.25, -0.2) is 9.59 Å². The molecule has 4 saturated heterocycles. The summed E-state index contributed by atoms with van der Waals surface area (Å²) in [6.45, 7) is 15.3. The van der Waals surface area contributed by atoms with Gasteiger partial charge in [0, 0.05) is 53.4 Å². The summed E-state index contributed by atoms with van der Waals surface area (Å²) in [5, 5.41) is 25.0. The number of morpholine rings is 1. The van der Waals surface area contributed by atoms with E-state index < -0.39 is 87.2 Å². The van der Waals surface area contributed by atoms with Crippen LogP contribution >= 0.6 is 0 Å². The van der Waals surface area contributed by atoms with Crippen LogP contribution in [0.2, 0.25) is 0 Å². The minimum absolute atomic E-state index is 0.111. The zero-order valence-corrected chi connectivity index (χ0v) is 40.4. The number of benzene rings is 3. The number of nitrogens with one attached hydrogen (secondary N) is 2. The highest BCUT2D eigenvalue weighted by atomic mass is 16.5. The lowest BCUT2D eigenvalue weighted by Gasteiger charge is -2.59. The van der Waals surface area contributed by atoms with Crippen molar-refractivity contribution in [1.29, 1.82) is 0 Å². The van der Waals surface area contributed by atoms with E-state index in [-0.39, 0.29) is 12.0 Å². The number of nitrogens with zero attached hydrogens (tertiary/aromatic N) is 4. The molecule has 8 aliphatic rings. The van der Waals surface area contributed by atoms with Gasteiger partial charge in [-0.3, -0.25) is 39.6 Å². The Labute approximate surface area is 402 Å². The summed E-state index contributed by atoms with van der Waals surface area (Å²) in [7, 11) is 0. The topological polar surface area (TPSA) is 241 Å². The number of anilines is 2. The normalized spacial score (nSPS) is 32.6. The number of carboxylic acid groups (broad SMARTS) is 2. The van der Waals surface area contributed by atoms with Crippen molar-refractivity contribution in [2.45, 2.75) is 120 Å². The maximum atomic E-state index is 15.3. The molecule has 6 amide bonds. The van der Waals surface area contributed by atoms with E-state index in [1.807, 2.05) is 64.1 Å². The Kier molecular flexibility index (Phi) is 11.9. The number of likely N-dealkylation sites (tertiary alicyclic amines) is 2. The van der Waals surface area contributed by atoms with Crippen molar-refractivity contribution in [2.75, 3.05) is 49.2 Å². The monoisotopic (exact) mass is 946 g/mol. The van der Waals surface area contributed by atoms with E-state index in [0.717, 1.165) is 24.5 Å². The van der Waals surface area contributed by atoms with E-state index in [1.165, 1.54) is 0 Å². The predicted octanol–water partition coefficient (Wildman–Crippen LogP) is 5.02. The van der Waals surface area contributed by atoms with E-state index in [1.54, 1.807) is 12.1 Å². The molecule has 4 fully saturated rings. The third kappa shape index (κ3) is 6.88. The van der Waals surface area contributed by atoms with Crippen molar-refractivity contribution >= 4 is 47.2 Å². The van der Waals surface area contributed by atoms with Gasteiger partial charge in [-0.1, -0.05) is 83.1 Å². The first-order valence-electron chi connectivity index (χ1n) is 24.3. The van der Waals surface area contributed by atoms with Crippen molar-refractivity contribution < 1.29 is 43.7 Å². The summed E-state index contributed by atoms with van der Waals surface area (Å²) in [4.78, 5) is 92.1. The number of imide groups is 2. The summed E-state index contributed by atoms with van der Waals surface area (Å²) in [5.41, 5.74) is 10.1. The van der Waals surface area contributed by atoms with Gasteiger partial charge in [0.15, 0.2) is 0 Å². The summed E-state index contributed by atoms with van der Waals surface area (Å²) < 4.78 is 5.67. The van der Waals surface area contributed by atoms with Crippen LogP contribution in [0.4, 0.5) is 21.0 Å². The molecule has 9 atom stereocenters. The zero-order valence-electron chi connectivity index (χ0n) is 40.4.